The predicted molar refractivity (Wildman–Crippen MR) is 147 cm³/mol. The Morgan fingerprint density at radius 3 is 2.47 bits per heavy atom. The first-order chi connectivity index (χ1) is 18.5. The molecule has 0 fully saturated rings. The van der Waals surface area contributed by atoms with Gasteiger partial charge in [-0.25, -0.2) is 14.8 Å². The van der Waals surface area contributed by atoms with Gasteiger partial charge in [0.2, 0.25) is 0 Å². The molecule has 5 aromatic rings. The molecule has 0 aliphatic rings. The third-order valence-corrected chi connectivity index (χ3v) is 6.83. The van der Waals surface area contributed by atoms with Gasteiger partial charge < -0.3 is 19.2 Å². The number of fused-ring (bicyclic) bond motifs is 2. The van der Waals surface area contributed by atoms with Gasteiger partial charge in [-0.3, -0.25) is 10.1 Å². The maximum atomic E-state index is 12.9. The quantitative estimate of drug-likeness (QED) is 0.231. The summed E-state index contributed by atoms with van der Waals surface area (Å²) in [4.78, 5) is 38.1. The molecule has 194 valence electrons. The van der Waals surface area contributed by atoms with Crippen molar-refractivity contribution in [3.8, 4) is 22.9 Å². The topological polar surface area (TPSA) is 115 Å². The minimum atomic E-state index is -0.971. The fraction of sp³-hybridized carbons (Fsp3) is 0.214. The van der Waals surface area contributed by atoms with E-state index in [0.717, 1.165) is 27.3 Å². The highest BCUT2D eigenvalue weighted by Crippen LogP contribution is 2.30. The highest BCUT2D eigenvalue weighted by Gasteiger charge is 2.23. The summed E-state index contributed by atoms with van der Waals surface area (Å²) < 4.78 is 17.2. The van der Waals surface area contributed by atoms with E-state index in [4.69, 9.17) is 14.2 Å². The predicted octanol–water partition coefficient (Wildman–Crippen LogP) is 5.82. The molecule has 5 rings (SSSR count). The van der Waals surface area contributed by atoms with Gasteiger partial charge in [0.25, 0.3) is 5.91 Å². The number of benzene rings is 3. The number of nitrogens with zero attached hydrogens (tertiary/aromatic N) is 2. The smallest absolute Gasteiger partial charge is 0.338 e. The van der Waals surface area contributed by atoms with Crippen LogP contribution in [0.4, 0.5) is 5.13 Å². The van der Waals surface area contributed by atoms with Crippen LogP contribution in [0.5, 0.6) is 11.5 Å². The molecule has 2 N–H and O–H groups in total. The van der Waals surface area contributed by atoms with Crippen molar-refractivity contribution in [2.75, 3.05) is 19.0 Å². The number of rotatable bonds is 9. The molecular weight excluding hydrogens is 504 g/mol. The Kier molecular flexibility index (Phi) is 7.23. The van der Waals surface area contributed by atoms with Gasteiger partial charge in [0.05, 0.1) is 40.5 Å². The summed E-state index contributed by atoms with van der Waals surface area (Å²) >= 11 is 1.33. The van der Waals surface area contributed by atoms with Crippen LogP contribution in [0.3, 0.4) is 0 Å². The highest BCUT2D eigenvalue weighted by atomic mass is 32.1. The van der Waals surface area contributed by atoms with Gasteiger partial charge in [-0.1, -0.05) is 18.3 Å². The van der Waals surface area contributed by atoms with E-state index in [2.05, 4.69) is 20.3 Å². The third kappa shape index (κ3) is 5.30. The molecule has 0 spiro atoms. The fourth-order valence-corrected chi connectivity index (χ4v) is 4.84. The minimum absolute atomic E-state index is 0.310. The van der Waals surface area contributed by atoms with Crippen LogP contribution in [0.15, 0.2) is 60.7 Å². The average Bonchev–Trinajstić information content (AvgIpc) is 3.54. The number of H-pyrrole nitrogens is 1. The number of aromatic nitrogens is 3. The zero-order valence-electron chi connectivity index (χ0n) is 21.1. The van der Waals surface area contributed by atoms with E-state index in [9.17, 15) is 9.59 Å². The Morgan fingerprint density at radius 2 is 1.74 bits per heavy atom. The van der Waals surface area contributed by atoms with Crippen molar-refractivity contribution in [1.29, 1.82) is 0 Å². The van der Waals surface area contributed by atoms with Crippen molar-refractivity contribution in [2.24, 2.45) is 0 Å². The first-order valence-corrected chi connectivity index (χ1v) is 13.0. The lowest BCUT2D eigenvalue weighted by Crippen LogP contribution is -2.32. The van der Waals surface area contributed by atoms with Crippen molar-refractivity contribution < 1.29 is 23.8 Å². The van der Waals surface area contributed by atoms with Gasteiger partial charge in [0, 0.05) is 5.56 Å². The lowest BCUT2D eigenvalue weighted by molar-refractivity contribution is -0.124. The van der Waals surface area contributed by atoms with Crippen molar-refractivity contribution in [3.63, 3.8) is 0 Å². The van der Waals surface area contributed by atoms with Gasteiger partial charge in [-0.05, 0) is 74.0 Å². The molecule has 9 nitrogen and oxygen atoms in total. The van der Waals surface area contributed by atoms with Crippen LogP contribution in [-0.4, -0.2) is 46.6 Å². The van der Waals surface area contributed by atoms with Crippen molar-refractivity contribution in [2.45, 2.75) is 26.4 Å². The van der Waals surface area contributed by atoms with E-state index < -0.39 is 18.0 Å². The summed E-state index contributed by atoms with van der Waals surface area (Å²) in [6, 6.07) is 18.1. The molecule has 3 aromatic carbocycles. The second-order valence-corrected chi connectivity index (χ2v) is 9.45. The summed E-state index contributed by atoms with van der Waals surface area (Å²) in [5.74, 6) is 1.13. The van der Waals surface area contributed by atoms with Crippen LogP contribution in [0, 0.1) is 0 Å². The molecule has 0 saturated carbocycles. The molecule has 0 radical (unpaired) electrons. The first kappa shape index (κ1) is 25.2. The minimum Gasteiger partial charge on any atom is -0.497 e. The molecule has 0 bridgehead atoms. The third-order valence-electron chi connectivity index (χ3n) is 5.89. The summed E-state index contributed by atoms with van der Waals surface area (Å²) in [6.45, 7) is 4.26. The molecule has 0 aliphatic heterocycles. The molecule has 1 atom stereocenters. The van der Waals surface area contributed by atoms with Crippen LogP contribution < -0.4 is 14.8 Å². The van der Waals surface area contributed by atoms with Crippen LogP contribution in [0.2, 0.25) is 0 Å². The second kappa shape index (κ2) is 10.9. The highest BCUT2D eigenvalue weighted by molar-refractivity contribution is 7.22. The van der Waals surface area contributed by atoms with Crippen LogP contribution in [-0.2, 0) is 9.53 Å². The number of esters is 1. The van der Waals surface area contributed by atoms with Crippen LogP contribution in [0.1, 0.15) is 30.6 Å². The van der Waals surface area contributed by atoms with E-state index in [1.165, 1.54) is 11.3 Å². The number of ether oxygens (including phenoxy) is 3. The molecule has 10 heteroatoms. The Morgan fingerprint density at radius 1 is 0.974 bits per heavy atom. The maximum Gasteiger partial charge on any atom is 0.338 e. The zero-order valence-corrected chi connectivity index (χ0v) is 21.9. The first-order valence-electron chi connectivity index (χ1n) is 12.2. The van der Waals surface area contributed by atoms with Crippen molar-refractivity contribution in [1.82, 2.24) is 15.0 Å². The molecule has 1 unspecified atom stereocenters. The summed E-state index contributed by atoms with van der Waals surface area (Å²) in [6.07, 6.45) is -0.661. The number of methoxy groups -OCH3 is 1. The Labute approximate surface area is 222 Å². The molecule has 0 aliphatic carbocycles. The Bertz CT molecular complexity index is 1610. The average molecular weight is 531 g/mol. The number of carbonyl (C=O) groups excluding carboxylic acids is 2. The monoisotopic (exact) mass is 530 g/mol. The zero-order chi connectivity index (χ0) is 26.6. The summed E-state index contributed by atoms with van der Waals surface area (Å²) in [7, 11) is 1.61. The lowest BCUT2D eigenvalue weighted by atomic mass is 10.2. The number of nitrogens with one attached hydrogen (secondary N) is 2. The molecule has 38 heavy (non-hydrogen) atoms. The lowest BCUT2D eigenvalue weighted by Gasteiger charge is -2.15. The molecule has 2 heterocycles. The largest absolute Gasteiger partial charge is 0.497 e. The molecular formula is C28H26N4O5S. The Hall–Kier alpha value is -4.44. The van der Waals surface area contributed by atoms with Gasteiger partial charge in [0.1, 0.15) is 17.3 Å². The number of amides is 1. The number of hydrogen-bond acceptors (Lipinski definition) is 8. The fourth-order valence-electron chi connectivity index (χ4n) is 3.94. The summed E-state index contributed by atoms with van der Waals surface area (Å²) in [5.41, 5.74) is 3.35. The number of anilines is 1. The number of carbonyl (C=O) groups is 2. The van der Waals surface area contributed by atoms with Crippen LogP contribution >= 0.6 is 11.3 Å². The van der Waals surface area contributed by atoms with E-state index >= 15 is 0 Å². The standard InChI is InChI=1S/C28H26N4O5S/c1-4-23(26(33)32-28-31-21-13-11-19(36-5-2)15-24(21)38-28)37-27(34)17-8-12-20-22(14-17)30-25(29-20)16-6-9-18(35-3)10-7-16/h6-15,23H,4-5H2,1-3H3,(H,29,30)(H,31,32,33). The van der Waals surface area contributed by atoms with E-state index in [1.54, 1.807) is 32.2 Å². The molecule has 1 amide bonds. The molecule has 2 aromatic heterocycles. The van der Waals surface area contributed by atoms with Gasteiger partial charge in [-0.15, -0.1) is 0 Å². The summed E-state index contributed by atoms with van der Waals surface area (Å²) in [5, 5.41) is 3.20. The second-order valence-electron chi connectivity index (χ2n) is 8.42. The van der Waals surface area contributed by atoms with Crippen LogP contribution in [0.25, 0.3) is 32.6 Å². The van der Waals surface area contributed by atoms with Crippen molar-refractivity contribution >= 4 is 49.6 Å². The Balaban J connectivity index is 1.28. The molecule has 0 saturated heterocycles. The van der Waals surface area contributed by atoms with Crippen molar-refractivity contribution in [3.05, 3.63) is 66.2 Å². The van der Waals surface area contributed by atoms with E-state index in [1.807, 2.05) is 49.4 Å². The number of imidazole rings is 1. The number of thiazole rings is 1. The van der Waals surface area contributed by atoms with E-state index in [-0.39, 0.29) is 0 Å². The normalized spacial score (nSPS) is 11.9. The van der Waals surface area contributed by atoms with Gasteiger partial charge in [0.15, 0.2) is 11.2 Å². The SMILES string of the molecule is CCOc1ccc2nc(NC(=O)C(CC)OC(=O)c3ccc4nc(-c5ccc(OC)cc5)[nH]c4c3)sc2c1. The van der Waals surface area contributed by atoms with Gasteiger partial charge in [-0.2, -0.15) is 0 Å². The number of hydrogen-bond donors (Lipinski definition) is 2. The maximum absolute atomic E-state index is 12.9. The van der Waals surface area contributed by atoms with E-state index in [0.29, 0.717) is 40.6 Å². The number of aromatic amines is 1. The van der Waals surface area contributed by atoms with Gasteiger partial charge >= 0.3 is 5.97 Å².